The molecule has 0 aromatic heterocycles. The van der Waals surface area contributed by atoms with Crippen molar-refractivity contribution >= 4 is 17.3 Å². The summed E-state index contributed by atoms with van der Waals surface area (Å²) in [7, 11) is 0. The first kappa shape index (κ1) is 17.9. The first-order valence-corrected chi connectivity index (χ1v) is 9.75. The third-order valence-corrected chi connectivity index (χ3v) is 5.42. The van der Waals surface area contributed by atoms with Gasteiger partial charge >= 0.3 is 0 Å². The van der Waals surface area contributed by atoms with E-state index in [0.29, 0.717) is 0 Å². The number of piperidine rings is 1. The minimum Gasteiger partial charge on any atom is -0.484 e. The summed E-state index contributed by atoms with van der Waals surface area (Å²) in [6, 6.07) is 13.9. The van der Waals surface area contributed by atoms with Gasteiger partial charge in [0.2, 0.25) is 0 Å². The van der Waals surface area contributed by atoms with Gasteiger partial charge in [-0.15, -0.1) is 0 Å². The summed E-state index contributed by atoms with van der Waals surface area (Å²) in [4.78, 5) is 14.4. The zero-order valence-electron chi connectivity index (χ0n) is 15.5. The Morgan fingerprint density at radius 1 is 1.07 bits per heavy atom. The molecule has 1 fully saturated rings. The molecule has 0 saturated carbocycles. The van der Waals surface area contributed by atoms with Crippen molar-refractivity contribution in [3.05, 3.63) is 53.6 Å². The molecule has 4 rings (SSSR count). The topological polar surface area (TPSA) is 61.8 Å². The van der Waals surface area contributed by atoms with Crippen molar-refractivity contribution in [3.8, 4) is 5.75 Å². The van der Waals surface area contributed by atoms with Crippen molar-refractivity contribution < 1.29 is 14.6 Å². The highest BCUT2D eigenvalue weighted by Gasteiger charge is 2.17. The molecule has 2 N–H and O–H groups in total. The summed E-state index contributed by atoms with van der Waals surface area (Å²) in [6.45, 7) is 1.73. The number of carbonyl (C=O) groups is 1. The maximum Gasteiger partial charge on any atom is 0.262 e. The van der Waals surface area contributed by atoms with Gasteiger partial charge in [-0.05, 0) is 79.6 Å². The number of aliphatic hydroxyl groups excluding tert-OH is 1. The van der Waals surface area contributed by atoms with Crippen LogP contribution in [-0.4, -0.2) is 36.8 Å². The molecule has 5 heteroatoms. The third-order valence-electron chi connectivity index (χ3n) is 5.42. The Hall–Kier alpha value is -2.53. The Labute approximate surface area is 160 Å². The Morgan fingerprint density at radius 3 is 2.59 bits per heavy atom. The van der Waals surface area contributed by atoms with Crippen LogP contribution in [0.15, 0.2) is 42.5 Å². The molecule has 0 spiro atoms. The van der Waals surface area contributed by atoms with Crippen LogP contribution in [0.4, 0.5) is 11.4 Å². The number of benzene rings is 2. The number of nitrogens with zero attached hydrogens (tertiary/aromatic N) is 1. The molecular formula is C22H26N2O3. The van der Waals surface area contributed by atoms with Crippen LogP contribution in [0, 0.1) is 0 Å². The Kier molecular flexibility index (Phi) is 5.30. The predicted molar refractivity (Wildman–Crippen MR) is 106 cm³/mol. The van der Waals surface area contributed by atoms with Crippen LogP contribution in [0.5, 0.6) is 5.75 Å². The highest BCUT2D eigenvalue weighted by Crippen LogP contribution is 2.26. The van der Waals surface area contributed by atoms with E-state index < -0.39 is 0 Å². The molecule has 2 aromatic carbocycles. The van der Waals surface area contributed by atoms with E-state index in [4.69, 9.17) is 4.74 Å². The summed E-state index contributed by atoms with van der Waals surface area (Å²) in [6.07, 6.45) is 4.88. The van der Waals surface area contributed by atoms with Gasteiger partial charge in [0.15, 0.2) is 6.61 Å². The number of nitrogens with one attached hydrogen (secondary N) is 1. The lowest BCUT2D eigenvalue weighted by Gasteiger charge is -2.31. The van der Waals surface area contributed by atoms with Crippen LogP contribution < -0.4 is 15.0 Å². The van der Waals surface area contributed by atoms with Crippen molar-refractivity contribution in [2.75, 3.05) is 29.9 Å². The van der Waals surface area contributed by atoms with Gasteiger partial charge in [0, 0.05) is 24.5 Å². The Bertz CT molecular complexity index is 796. The molecule has 0 unspecified atom stereocenters. The van der Waals surface area contributed by atoms with Crippen molar-refractivity contribution in [1.29, 1.82) is 0 Å². The molecule has 0 radical (unpaired) electrons. The number of amides is 1. The molecule has 142 valence electrons. The van der Waals surface area contributed by atoms with Gasteiger partial charge in [-0.3, -0.25) is 4.79 Å². The zero-order valence-corrected chi connectivity index (χ0v) is 15.5. The average molecular weight is 366 g/mol. The van der Waals surface area contributed by atoms with Crippen LogP contribution in [0.3, 0.4) is 0 Å². The average Bonchev–Trinajstić information content (AvgIpc) is 3.15. The highest BCUT2D eigenvalue weighted by atomic mass is 16.5. The summed E-state index contributed by atoms with van der Waals surface area (Å²) in [5, 5.41) is 12.5. The number of hydrogen-bond donors (Lipinski definition) is 2. The monoisotopic (exact) mass is 366 g/mol. The summed E-state index contributed by atoms with van der Waals surface area (Å²) >= 11 is 0. The van der Waals surface area contributed by atoms with Crippen LogP contribution in [-0.2, 0) is 17.6 Å². The number of fused-ring (bicyclic) bond motifs is 1. The van der Waals surface area contributed by atoms with Gasteiger partial charge in [0.1, 0.15) is 5.75 Å². The molecule has 1 heterocycles. The third kappa shape index (κ3) is 4.42. The van der Waals surface area contributed by atoms with Crippen LogP contribution in [0.25, 0.3) is 0 Å². The van der Waals surface area contributed by atoms with Crippen LogP contribution in [0.2, 0.25) is 0 Å². The number of anilines is 2. The smallest absolute Gasteiger partial charge is 0.262 e. The largest absolute Gasteiger partial charge is 0.484 e. The lowest BCUT2D eigenvalue weighted by Crippen LogP contribution is -2.35. The first-order chi connectivity index (χ1) is 13.2. The fourth-order valence-corrected chi connectivity index (χ4v) is 3.86. The quantitative estimate of drug-likeness (QED) is 0.853. The SMILES string of the molecule is O=C(COc1ccc2c(c1)CCC2)Nc1ccc(N2CCC(O)CC2)cc1. The van der Waals surface area contributed by atoms with Gasteiger partial charge in [0.05, 0.1) is 6.10 Å². The maximum absolute atomic E-state index is 12.2. The molecule has 0 atom stereocenters. The minimum absolute atomic E-state index is 0.00452. The molecule has 2 aliphatic rings. The van der Waals surface area contributed by atoms with Gasteiger partial charge < -0.3 is 20.1 Å². The molecule has 1 amide bonds. The standard InChI is InChI=1S/C22H26N2O3/c25-20-10-12-24(13-11-20)19-7-5-18(6-8-19)23-22(26)15-27-21-9-4-16-2-1-3-17(16)14-21/h4-9,14,20,25H,1-3,10-13,15H2,(H,23,26). The summed E-state index contributed by atoms with van der Waals surface area (Å²) in [5.74, 6) is 0.595. The van der Waals surface area contributed by atoms with Crippen molar-refractivity contribution in [3.63, 3.8) is 0 Å². The van der Waals surface area contributed by atoms with Crippen molar-refractivity contribution in [2.45, 2.75) is 38.2 Å². The number of ether oxygens (including phenoxy) is 1. The number of hydrogen-bond acceptors (Lipinski definition) is 4. The lowest BCUT2D eigenvalue weighted by atomic mass is 10.1. The van der Waals surface area contributed by atoms with Gasteiger partial charge in [-0.25, -0.2) is 0 Å². The number of carbonyl (C=O) groups excluding carboxylic acids is 1. The van der Waals surface area contributed by atoms with Gasteiger partial charge in [-0.2, -0.15) is 0 Å². The van der Waals surface area contributed by atoms with E-state index in [1.165, 1.54) is 17.5 Å². The van der Waals surface area contributed by atoms with E-state index in [0.717, 1.165) is 55.9 Å². The molecule has 2 aromatic rings. The number of aryl methyl sites for hydroxylation is 2. The first-order valence-electron chi connectivity index (χ1n) is 9.75. The second kappa shape index (κ2) is 8.01. The predicted octanol–water partition coefficient (Wildman–Crippen LogP) is 3.15. The van der Waals surface area contributed by atoms with Gasteiger partial charge in [-0.1, -0.05) is 6.07 Å². The highest BCUT2D eigenvalue weighted by molar-refractivity contribution is 5.92. The second-order valence-electron chi connectivity index (χ2n) is 7.39. The fraction of sp³-hybridized carbons (Fsp3) is 0.409. The maximum atomic E-state index is 12.2. The minimum atomic E-state index is -0.175. The van der Waals surface area contributed by atoms with E-state index in [9.17, 15) is 9.90 Å². The van der Waals surface area contributed by atoms with E-state index in [2.05, 4.69) is 22.3 Å². The van der Waals surface area contributed by atoms with E-state index >= 15 is 0 Å². The molecule has 1 aliphatic carbocycles. The van der Waals surface area contributed by atoms with E-state index in [1.54, 1.807) is 0 Å². The van der Waals surface area contributed by atoms with Gasteiger partial charge in [0.25, 0.3) is 5.91 Å². The molecule has 27 heavy (non-hydrogen) atoms. The zero-order chi connectivity index (χ0) is 18.6. The van der Waals surface area contributed by atoms with Crippen molar-refractivity contribution in [2.24, 2.45) is 0 Å². The molecule has 1 aliphatic heterocycles. The summed E-state index contributed by atoms with van der Waals surface area (Å²) < 4.78 is 5.65. The molecule has 5 nitrogen and oxygen atoms in total. The molecule has 1 saturated heterocycles. The van der Waals surface area contributed by atoms with Crippen molar-refractivity contribution in [1.82, 2.24) is 0 Å². The molecular weight excluding hydrogens is 340 g/mol. The fourth-order valence-electron chi connectivity index (χ4n) is 3.86. The second-order valence-corrected chi connectivity index (χ2v) is 7.39. The van der Waals surface area contributed by atoms with E-state index in [-0.39, 0.29) is 18.6 Å². The van der Waals surface area contributed by atoms with Crippen LogP contribution >= 0.6 is 0 Å². The number of aliphatic hydroxyl groups is 1. The Morgan fingerprint density at radius 2 is 1.81 bits per heavy atom. The van der Waals surface area contributed by atoms with E-state index in [1.807, 2.05) is 30.3 Å². The van der Waals surface area contributed by atoms with Crippen LogP contribution in [0.1, 0.15) is 30.4 Å². The summed E-state index contributed by atoms with van der Waals surface area (Å²) in [5.41, 5.74) is 4.62. The normalized spacial score (nSPS) is 16.9. The number of rotatable bonds is 5. The Balaban J connectivity index is 1.28. The molecule has 0 bridgehead atoms. The lowest BCUT2D eigenvalue weighted by molar-refractivity contribution is -0.118.